The molecule has 0 saturated heterocycles. The maximum absolute atomic E-state index is 10.3. The van der Waals surface area contributed by atoms with Crippen molar-refractivity contribution in [2.24, 2.45) is 0 Å². The van der Waals surface area contributed by atoms with E-state index in [1.54, 1.807) is 0 Å². The first-order chi connectivity index (χ1) is 8.27. The monoisotopic (exact) mass is 352 g/mol. The maximum atomic E-state index is 10.3. The number of rotatable bonds is 12. The highest BCUT2D eigenvalue weighted by Gasteiger charge is 1.94. The number of allylic oxidation sites excluding steroid dienone is 2. The second kappa shape index (κ2) is 14.0. The minimum absolute atomic E-state index is 0.320. The summed E-state index contributed by atoms with van der Waals surface area (Å²) in [5, 5.41) is 8.46. The second-order valence-corrected chi connectivity index (χ2v) is 5.44. The van der Waals surface area contributed by atoms with Gasteiger partial charge in [-0.05, 0) is 43.0 Å². The third kappa shape index (κ3) is 15.9. The lowest BCUT2D eigenvalue weighted by Crippen LogP contribution is -1.93. The Balaban J connectivity index is 3.07. The maximum Gasteiger partial charge on any atom is 0.303 e. The molecule has 0 aromatic heterocycles. The third-order valence-corrected chi connectivity index (χ3v) is 3.45. The first kappa shape index (κ1) is 16.9. The fourth-order valence-corrected chi connectivity index (χ4v) is 2.20. The topological polar surface area (TPSA) is 37.3 Å². The lowest BCUT2D eigenvalue weighted by Gasteiger charge is -1.97. The first-order valence-electron chi connectivity index (χ1n) is 6.70. The summed E-state index contributed by atoms with van der Waals surface area (Å²) in [7, 11) is 0. The summed E-state index contributed by atoms with van der Waals surface area (Å²) < 4.78 is 1.28. The van der Waals surface area contributed by atoms with Gasteiger partial charge in [-0.25, -0.2) is 0 Å². The Hall–Kier alpha value is -0.0600. The fraction of sp³-hybridized carbons (Fsp3) is 0.786. The number of hydrogen-bond donors (Lipinski definition) is 1. The van der Waals surface area contributed by atoms with Crippen LogP contribution in [0.15, 0.2) is 12.2 Å². The Morgan fingerprint density at radius 2 is 1.41 bits per heavy atom. The van der Waals surface area contributed by atoms with E-state index in [1.165, 1.54) is 36.5 Å². The molecular weight excluding hydrogens is 327 g/mol. The molecule has 0 heterocycles. The molecule has 0 aliphatic heterocycles. The normalized spacial score (nSPS) is 11.1. The van der Waals surface area contributed by atoms with E-state index in [4.69, 9.17) is 5.11 Å². The van der Waals surface area contributed by atoms with Crippen LogP contribution in [0, 0.1) is 0 Å². The average Bonchev–Trinajstić information content (AvgIpc) is 2.30. The van der Waals surface area contributed by atoms with Crippen LogP contribution in [0.5, 0.6) is 0 Å². The molecule has 0 aliphatic carbocycles. The van der Waals surface area contributed by atoms with Crippen LogP contribution in [-0.2, 0) is 4.79 Å². The highest BCUT2D eigenvalue weighted by Crippen LogP contribution is 2.07. The van der Waals surface area contributed by atoms with Crippen LogP contribution in [-0.4, -0.2) is 15.5 Å². The first-order valence-corrected chi connectivity index (χ1v) is 8.22. The molecule has 3 heteroatoms. The second-order valence-electron chi connectivity index (χ2n) is 4.36. The number of carboxylic acid groups (broad SMARTS) is 1. The van der Waals surface area contributed by atoms with Crippen LogP contribution in [0.4, 0.5) is 0 Å². The molecule has 0 unspecified atom stereocenters. The van der Waals surface area contributed by atoms with Crippen LogP contribution in [0.2, 0.25) is 0 Å². The van der Waals surface area contributed by atoms with Crippen molar-refractivity contribution in [2.45, 2.75) is 64.2 Å². The summed E-state index contributed by atoms with van der Waals surface area (Å²) >= 11 is 2.43. The summed E-state index contributed by atoms with van der Waals surface area (Å²) in [6, 6.07) is 0. The molecule has 0 atom stereocenters. The molecule has 17 heavy (non-hydrogen) atoms. The Morgan fingerprint density at radius 3 is 1.94 bits per heavy atom. The minimum atomic E-state index is -0.674. The molecule has 0 aromatic carbocycles. The van der Waals surface area contributed by atoms with Gasteiger partial charge in [-0.15, -0.1) is 0 Å². The highest BCUT2D eigenvalue weighted by molar-refractivity contribution is 14.1. The molecular formula is C14H25IO2. The summed E-state index contributed by atoms with van der Waals surface area (Å²) in [5.41, 5.74) is 0. The van der Waals surface area contributed by atoms with E-state index in [0.29, 0.717) is 6.42 Å². The standard InChI is InChI=1S/C14H25IO2/c15-13-11-9-7-5-3-1-2-4-6-8-10-12-14(16)17/h1-2H,3-13H2,(H,16,17). The van der Waals surface area contributed by atoms with E-state index in [-0.39, 0.29) is 0 Å². The van der Waals surface area contributed by atoms with Gasteiger partial charge in [0.05, 0.1) is 0 Å². The Kier molecular flexibility index (Phi) is 14.0. The van der Waals surface area contributed by atoms with Gasteiger partial charge in [0.15, 0.2) is 0 Å². The number of alkyl halides is 1. The number of carboxylic acids is 1. The molecule has 0 aliphatic rings. The van der Waals surface area contributed by atoms with E-state index < -0.39 is 5.97 Å². The fourth-order valence-electron chi connectivity index (χ4n) is 1.66. The molecule has 0 saturated carbocycles. The highest BCUT2D eigenvalue weighted by atomic mass is 127. The van der Waals surface area contributed by atoms with Gasteiger partial charge >= 0.3 is 5.97 Å². The van der Waals surface area contributed by atoms with E-state index >= 15 is 0 Å². The molecule has 0 amide bonds. The van der Waals surface area contributed by atoms with Crippen LogP contribution in [0.3, 0.4) is 0 Å². The zero-order valence-corrected chi connectivity index (χ0v) is 12.8. The SMILES string of the molecule is O=C(O)CCCCCC=CCCCCCCI. The van der Waals surface area contributed by atoms with Crippen molar-refractivity contribution in [1.29, 1.82) is 0 Å². The van der Waals surface area contributed by atoms with Gasteiger partial charge in [0.2, 0.25) is 0 Å². The van der Waals surface area contributed by atoms with Gasteiger partial charge in [0, 0.05) is 6.42 Å². The molecule has 0 rings (SSSR count). The molecule has 1 N–H and O–H groups in total. The number of aliphatic carboxylic acids is 1. The molecule has 0 spiro atoms. The van der Waals surface area contributed by atoms with E-state index in [0.717, 1.165) is 25.7 Å². The van der Waals surface area contributed by atoms with Crippen molar-refractivity contribution in [2.75, 3.05) is 4.43 Å². The van der Waals surface area contributed by atoms with E-state index in [1.807, 2.05) is 0 Å². The van der Waals surface area contributed by atoms with E-state index in [2.05, 4.69) is 34.7 Å². The van der Waals surface area contributed by atoms with Gasteiger partial charge < -0.3 is 5.11 Å². The van der Waals surface area contributed by atoms with Crippen LogP contribution < -0.4 is 0 Å². The number of halogens is 1. The molecule has 0 radical (unpaired) electrons. The zero-order chi connectivity index (χ0) is 12.8. The number of carbonyl (C=O) groups is 1. The van der Waals surface area contributed by atoms with Crippen molar-refractivity contribution in [3.8, 4) is 0 Å². The summed E-state index contributed by atoms with van der Waals surface area (Å²) in [5.74, 6) is -0.674. The Morgan fingerprint density at radius 1 is 0.882 bits per heavy atom. The minimum Gasteiger partial charge on any atom is -0.481 e. The lowest BCUT2D eigenvalue weighted by molar-refractivity contribution is -0.137. The van der Waals surface area contributed by atoms with Gasteiger partial charge in [0.1, 0.15) is 0 Å². The summed E-state index contributed by atoms with van der Waals surface area (Å²) in [4.78, 5) is 10.3. The Bertz CT molecular complexity index is 202. The van der Waals surface area contributed by atoms with Crippen molar-refractivity contribution in [1.82, 2.24) is 0 Å². The summed E-state index contributed by atoms with van der Waals surface area (Å²) in [6.45, 7) is 0. The van der Waals surface area contributed by atoms with Crippen LogP contribution >= 0.6 is 22.6 Å². The number of hydrogen-bond acceptors (Lipinski definition) is 1. The third-order valence-electron chi connectivity index (χ3n) is 2.68. The van der Waals surface area contributed by atoms with Crippen molar-refractivity contribution >= 4 is 28.6 Å². The Labute approximate surface area is 119 Å². The molecule has 0 aromatic rings. The number of unbranched alkanes of at least 4 members (excludes halogenated alkanes) is 7. The van der Waals surface area contributed by atoms with Gasteiger partial charge in [-0.3, -0.25) is 4.79 Å². The van der Waals surface area contributed by atoms with Gasteiger partial charge in [-0.1, -0.05) is 54.0 Å². The van der Waals surface area contributed by atoms with Crippen molar-refractivity contribution < 1.29 is 9.90 Å². The van der Waals surface area contributed by atoms with Crippen molar-refractivity contribution in [3.63, 3.8) is 0 Å². The molecule has 100 valence electrons. The van der Waals surface area contributed by atoms with Gasteiger partial charge in [-0.2, -0.15) is 0 Å². The quantitative estimate of drug-likeness (QED) is 0.233. The molecule has 2 nitrogen and oxygen atoms in total. The largest absolute Gasteiger partial charge is 0.481 e. The zero-order valence-electron chi connectivity index (χ0n) is 10.7. The molecule has 0 fully saturated rings. The summed E-state index contributed by atoms with van der Waals surface area (Å²) in [6.07, 6.45) is 15.5. The smallest absolute Gasteiger partial charge is 0.303 e. The lowest BCUT2D eigenvalue weighted by atomic mass is 10.1. The predicted octanol–water partition coefficient (Wildman–Crippen LogP) is 4.96. The van der Waals surface area contributed by atoms with E-state index in [9.17, 15) is 4.79 Å². The van der Waals surface area contributed by atoms with Crippen LogP contribution in [0.1, 0.15) is 64.2 Å². The van der Waals surface area contributed by atoms with Gasteiger partial charge in [0.25, 0.3) is 0 Å². The van der Waals surface area contributed by atoms with Crippen LogP contribution in [0.25, 0.3) is 0 Å². The average molecular weight is 352 g/mol. The molecule has 0 bridgehead atoms. The predicted molar refractivity (Wildman–Crippen MR) is 81.8 cm³/mol. The van der Waals surface area contributed by atoms with Crippen molar-refractivity contribution in [3.05, 3.63) is 12.2 Å².